The first-order valence-corrected chi connectivity index (χ1v) is 7.05. The van der Waals surface area contributed by atoms with E-state index < -0.39 is 27.3 Å². The molecule has 1 aromatic heterocycles. The van der Waals surface area contributed by atoms with Crippen LogP contribution < -0.4 is 4.18 Å². The summed E-state index contributed by atoms with van der Waals surface area (Å²) in [7, 11) is -4.74. The monoisotopic (exact) mass is 335 g/mol. The van der Waals surface area contributed by atoms with Gasteiger partial charge in [-0.15, -0.1) is 0 Å². The zero-order valence-electron chi connectivity index (χ0n) is 10.9. The lowest BCUT2D eigenvalue weighted by molar-refractivity contribution is -0.0499. The van der Waals surface area contributed by atoms with Crippen LogP contribution in [0.2, 0.25) is 0 Å². The van der Waals surface area contributed by atoms with Crippen molar-refractivity contribution in [2.45, 2.75) is 5.51 Å². The first-order valence-electron chi connectivity index (χ1n) is 5.64. The summed E-state index contributed by atoms with van der Waals surface area (Å²) in [4.78, 5) is 15.2. The minimum absolute atomic E-state index is 0.199. The maximum atomic E-state index is 12.4. The molecule has 0 fully saturated rings. The van der Waals surface area contributed by atoms with Gasteiger partial charge >= 0.3 is 21.6 Å². The summed E-state index contributed by atoms with van der Waals surface area (Å²) < 4.78 is 67.8. The number of carbonyl (C=O) groups is 1. The topological polar surface area (TPSA) is 82.6 Å². The number of halogens is 3. The number of hydrogen-bond donors (Lipinski definition) is 0. The smallest absolute Gasteiger partial charge is 0.464 e. The SMILES string of the molecule is COC(=O)c1ccc2cccc(OS(=O)(=O)C(F)(F)F)c2n1. The quantitative estimate of drug-likeness (QED) is 0.486. The highest BCUT2D eigenvalue weighted by Crippen LogP contribution is 2.30. The van der Waals surface area contributed by atoms with Gasteiger partial charge in [0.25, 0.3) is 0 Å². The van der Waals surface area contributed by atoms with Crippen LogP contribution in [0.4, 0.5) is 13.2 Å². The predicted octanol–water partition coefficient (Wildman–Crippen LogP) is 2.25. The van der Waals surface area contributed by atoms with Crippen LogP contribution in [0, 0.1) is 0 Å². The minimum atomic E-state index is -5.84. The van der Waals surface area contributed by atoms with E-state index in [0.717, 1.165) is 13.2 Å². The van der Waals surface area contributed by atoms with Crippen molar-refractivity contribution in [3.8, 4) is 5.75 Å². The summed E-state index contributed by atoms with van der Waals surface area (Å²) in [5.74, 6) is -1.46. The maximum Gasteiger partial charge on any atom is 0.534 e. The fourth-order valence-electron chi connectivity index (χ4n) is 1.57. The van der Waals surface area contributed by atoms with Gasteiger partial charge in [0, 0.05) is 5.39 Å². The summed E-state index contributed by atoms with van der Waals surface area (Å²) in [6, 6.07) is 6.43. The Labute approximate surface area is 122 Å². The fraction of sp³-hybridized carbons (Fsp3) is 0.167. The van der Waals surface area contributed by atoms with Crippen LogP contribution >= 0.6 is 0 Å². The van der Waals surface area contributed by atoms with Crippen LogP contribution in [0.3, 0.4) is 0 Å². The summed E-state index contributed by atoms with van der Waals surface area (Å²) in [6.45, 7) is 0. The van der Waals surface area contributed by atoms with Crippen molar-refractivity contribution in [2.24, 2.45) is 0 Å². The molecule has 2 aromatic rings. The van der Waals surface area contributed by atoms with Crippen LogP contribution in [0.15, 0.2) is 30.3 Å². The minimum Gasteiger partial charge on any atom is -0.464 e. The molecule has 0 aliphatic heterocycles. The second-order valence-corrected chi connectivity index (χ2v) is 5.54. The van der Waals surface area contributed by atoms with Gasteiger partial charge in [-0.1, -0.05) is 18.2 Å². The molecule has 2 rings (SSSR count). The van der Waals surface area contributed by atoms with E-state index in [1.807, 2.05) is 0 Å². The summed E-state index contributed by atoms with van der Waals surface area (Å²) >= 11 is 0. The summed E-state index contributed by atoms with van der Waals surface area (Å²) in [5.41, 5.74) is -5.98. The zero-order chi connectivity index (χ0) is 16.5. The summed E-state index contributed by atoms with van der Waals surface area (Å²) in [6.07, 6.45) is 0. The van der Waals surface area contributed by atoms with Gasteiger partial charge < -0.3 is 8.92 Å². The second kappa shape index (κ2) is 5.44. The van der Waals surface area contributed by atoms with Crippen LogP contribution in [0.25, 0.3) is 10.9 Å². The van der Waals surface area contributed by atoms with E-state index in [9.17, 15) is 26.4 Å². The molecule has 0 amide bonds. The lowest BCUT2D eigenvalue weighted by Gasteiger charge is -2.11. The highest BCUT2D eigenvalue weighted by atomic mass is 32.2. The molecule has 6 nitrogen and oxygen atoms in total. The van der Waals surface area contributed by atoms with Gasteiger partial charge in [0.2, 0.25) is 0 Å². The largest absolute Gasteiger partial charge is 0.534 e. The van der Waals surface area contributed by atoms with Gasteiger partial charge in [-0.05, 0) is 12.1 Å². The van der Waals surface area contributed by atoms with Crippen molar-refractivity contribution in [1.29, 1.82) is 0 Å². The number of nitrogens with zero attached hydrogens (tertiary/aromatic N) is 1. The Morgan fingerprint density at radius 3 is 2.45 bits per heavy atom. The van der Waals surface area contributed by atoms with Gasteiger partial charge in [0.15, 0.2) is 5.75 Å². The standard InChI is InChI=1S/C12H8F3NO5S/c1-20-11(17)8-6-5-7-3-2-4-9(10(7)16-8)21-22(18,19)12(13,14)15/h2-6H,1H3. The number of para-hydroxylation sites is 1. The number of esters is 1. The molecule has 0 bridgehead atoms. The zero-order valence-corrected chi connectivity index (χ0v) is 11.7. The molecule has 0 aliphatic rings. The van der Waals surface area contributed by atoms with E-state index in [0.29, 0.717) is 5.39 Å². The fourth-order valence-corrected chi connectivity index (χ4v) is 2.04. The molecule has 1 aromatic carbocycles. The predicted molar refractivity (Wildman–Crippen MR) is 68.7 cm³/mol. The van der Waals surface area contributed by atoms with Gasteiger partial charge in [-0.3, -0.25) is 0 Å². The Kier molecular flexibility index (Phi) is 3.96. The Morgan fingerprint density at radius 2 is 1.86 bits per heavy atom. The van der Waals surface area contributed by atoms with Crippen LogP contribution in [-0.4, -0.2) is 32.0 Å². The molecule has 0 saturated heterocycles. The molecular formula is C12H8F3NO5S. The van der Waals surface area contributed by atoms with Crippen LogP contribution in [0.5, 0.6) is 5.75 Å². The molecule has 0 spiro atoms. The third-order valence-corrected chi connectivity index (χ3v) is 3.53. The second-order valence-electron chi connectivity index (χ2n) is 4.00. The van der Waals surface area contributed by atoms with Gasteiger partial charge in [-0.25, -0.2) is 9.78 Å². The average molecular weight is 335 g/mol. The number of alkyl halides is 3. The molecule has 0 saturated carbocycles. The number of carbonyl (C=O) groups excluding carboxylic acids is 1. The van der Waals surface area contributed by atoms with E-state index in [1.165, 1.54) is 24.3 Å². The van der Waals surface area contributed by atoms with Gasteiger partial charge in [0.1, 0.15) is 11.2 Å². The van der Waals surface area contributed by atoms with Crippen molar-refractivity contribution in [1.82, 2.24) is 4.98 Å². The molecular weight excluding hydrogens is 327 g/mol. The van der Waals surface area contributed by atoms with E-state index in [1.54, 1.807) is 0 Å². The third-order valence-electron chi connectivity index (χ3n) is 2.56. The number of aromatic nitrogens is 1. The molecule has 22 heavy (non-hydrogen) atoms. The number of benzene rings is 1. The summed E-state index contributed by atoms with van der Waals surface area (Å²) in [5, 5.41) is 0.294. The molecule has 0 unspecified atom stereocenters. The van der Waals surface area contributed by atoms with Gasteiger partial charge in [0.05, 0.1) is 7.11 Å². The molecule has 0 atom stereocenters. The number of ether oxygens (including phenoxy) is 1. The first kappa shape index (κ1) is 16.0. The van der Waals surface area contributed by atoms with E-state index in [4.69, 9.17) is 0 Å². The van der Waals surface area contributed by atoms with E-state index in [2.05, 4.69) is 13.9 Å². The maximum absolute atomic E-state index is 12.4. The Balaban J connectivity index is 2.57. The Hall–Kier alpha value is -2.36. The van der Waals surface area contributed by atoms with Crippen molar-refractivity contribution in [3.63, 3.8) is 0 Å². The molecule has 10 heteroatoms. The van der Waals surface area contributed by atoms with E-state index in [-0.39, 0.29) is 11.2 Å². The molecule has 0 N–H and O–H groups in total. The lowest BCUT2D eigenvalue weighted by atomic mass is 10.2. The molecule has 0 radical (unpaired) electrons. The number of pyridine rings is 1. The van der Waals surface area contributed by atoms with Crippen LogP contribution in [0.1, 0.15) is 10.5 Å². The number of fused-ring (bicyclic) bond motifs is 1. The molecule has 118 valence electrons. The normalized spacial score (nSPS) is 12.2. The first-order chi connectivity index (χ1) is 10.2. The third kappa shape index (κ3) is 2.96. The van der Waals surface area contributed by atoms with Gasteiger partial charge in [-0.2, -0.15) is 21.6 Å². The number of methoxy groups -OCH3 is 1. The number of hydrogen-bond acceptors (Lipinski definition) is 6. The molecule has 1 heterocycles. The average Bonchev–Trinajstić information content (AvgIpc) is 2.45. The highest BCUT2D eigenvalue weighted by molar-refractivity contribution is 7.88. The van der Waals surface area contributed by atoms with Crippen molar-refractivity contribution in [2.75, 3.05) is 7.11 Å². The van der Waals surface area contributed by atoms with Crippen molar-refractivity contribution < 1.29 is 35.3 Å². The molecule has 0 aliphatic carbocycles. The van der Waals surface area contributed by atoms with Crippen molar-refractivity contribution in [3.05, 3.63) is 36.0 Å². The van der Waals surface area contributed by atoms with Crippen LogP contribution in [-0.2, 0) is 14.9 Å². The van der Waals surface area contributed by atoms with E-state index >= 15 is 0 Å². The highest BCUT2D eigenvalue weighted by Gasteiger charge is 2.48. The Morgan fingerprint density at radius 1 is 1.18 bits per heavy atom. The Bertz CT molecular complexity index is 832. The van der Waals surface area contributed by atoms with Crippen molar-refractivity contribution >= 4 is 27.0 Å². The lowest BCUT2D eigenvalue weighted by Crippen LogP contribution is -2.28. The number of rotatable bonds is 3.